The van der Waals surface area contributed by atoms with Crippen molar-refractivity contribution in [1.82, 2.24) is 0 Å². The van der Waals surface area contributed by atoms with Crippen LogP contribution in [0.2, 0.25) is 0 Å². The van der Waals surface area contributed by atoms with E-state index in [9.17, 15) is 20.4 Å². The first-order valence-corrected chi connectivity index (χ1v) is 8.90. The Hall–Kier alpha value is -0.240. The molecule has 0 aliphatic carbocycles. The minimum atomic E-state index is -1.55. The van der Waals surface area contributed by atoms with Gasteiger partial charge in [0.2, 0.25) is 0 Å². The van der Waals surface area contributed by atoms with E-state index in [2.05, 4.69) is 6.92 Å². The summed E-state index contributed by atoms with van der Waals surface area (Å²) in [7, 11) is 3.95. The molecule has 0 saturated carbocycles. The highest BCUT2D eigenvalue weighted by atomic mass is 16.4. The molecule has 0 fully saturated rings. The topological polar surface area (TPSA) is 101 Å². The van der Waals surface area contributed by atoms with Gasteiger partial charge in [-0.2, -0.15) is 0 Å². The Morgan fingerprint density at radius 1 is 0.739 bits per heavy atom. The SMILES string of the molecule is CCCCCCCCC[N+](C)(C)C[C@H](O)[C@H](O)[C@@H](O)[C@H](O)CO. The Balaban J connectivity index is 4.04. The average Bonchev–Trinajstić information content (AvgIpc) is 2.51. The third-order valence-corrected chi connectivity index (χ3v) is 4.37. The van der Waals surface area contributed by atoms with Crippen LogP contribution in [0.5, 0.6) is 0 Å². The lowest BCUT2D eigenvalue weighted by Gasteiger charge is -2.34. The molecule has 4 atom stereocenters. The minimum Gasteiger partial charge on any atom is -0.394 e. The van der Waals surface area contributed by atoms with E-state index in [0.29, 0.717) is 4.48 Å². The number of aliphatic hydroxyl groups is 5. The summed E-state index contributed by atoms with van der Waals surface area (Å²) in [5.74, 6) is 0. The van der Waals surface area contributed by atoms with Crippen molar-refractivity contribution in [3.8, 4) is 0 Å². The van der Waals surface area contributed by atoms with Crippen molar-refractivity contribution in [1.29, 1.82) is 0 Å². The molecule has 0 saturated heterocycles. The van der Waals surface area contributed by atoms with E-state index >= 15 is 0 Å². The monoisotopic (exact) mass is 336 g/mol. The van der Waals surface area contributed by atoms with Crippen molar-refractivity contribution in [2.24, 2.45) is 0 Å². The second-order valence-corrected chi connectivity index (χ2v) is 7.26. The van der Waals surface area contributed by atoms with Crippen LogP contribution in [0.3, 0.4) is 0 Å². The Labute approximate surface area is 141 Å². The van der Waals surface area contributed by atoms with Crippen molar-refractivity contribution < 1.29 is 30.0 Å². The van der Waals surface area contributed by atoms with Gasteiger partial charge in [-0.3, -0.25) is 0 Å². The Morgan fingerprint density at radius 2 is 1.22 bits per heavy atom. The van der Waals surface area contributed by atoms with E-state index < -0.39 is 31.0 Å². The number of hydrogen-bond donors (Lipinski definition) is 5. The van der Waals surface area contributed by atoms with E-state index in [0.717, 1.165) is 19.4 Å². The van der Waals surface area contributed by atoms with Gasteiger partial charge in [0.05, 0.1) is 27.2 Å². The summed E-state index contributed by atoms with van der Waals surface area (Å²) in [6, 6.07) is 0. The van der Waals surface area contributed by atoms with Gasteiger partial charge in [-0.1, -0.05) is 39.0 Å². The van der Waals surface area contributed by atoms with Crippen LogP contribution in [0.25, 0.3) is 0 Å². The molecule has 0 aliphatic heterocycles. The normalized spacial score (nSPS) is 17.7. The summed E-state index contributed by atoms with van der Waals surface area (Å²) in [4.78, 5) is 0. The van der Waals surface area contributed by atoms with E-state index in [4.69, 9.17) is 5.11 Å². The molecule has 23 heavy (non-hydrogen) atoms. The first kappa shape index (κ1) is 22.8. The summed E-state index contributed by atoms with van der Waals surface area (Å²) in [6.45, 7) is 2.72. The molecule has 0 aromatic heterocycles. The highest BCUT2D eigenvalue weighted by Gasteiger charge is 2.33. The molecule has 0 aromatic rings. The fourth-order valence-electron chi connectivity index (χ4n) is 2.77. The maximum Gasteiger partial charge on any atom is 0.131 e. The molecule has 6 nitrogen and oxygen atoms in total. The van der Waals surface area contributed by atoms with E-state index in [1.165, 1.54) is 32.1 Å². The van der Waals surface area contributed by atoms with Crippen LogP contribution < -0.4 is 0 Å². The minimum absolute atomic E-state index is 0.284. The van der Waals surface area contributed by atoms with Gasteiger partial charge in [-0.15, -0.1) is 0 Å². The highest BCUT2D eigenvalue weighted by Crippen LogP contribution is 2.12. The van der Waals surface area contributed by atoms with Crippen LogP contribution in [0.1, 0.15) is 51.9 Å². The summed E-state index contributed by atoms with van der Waals surface area (Å²) in [5, 5.41) is 47.7. The van der Waals surface area contributed by atoms with Crippen molar-refractivity contribution in [3.63, 3.8) is 0 Å². The lowest BCUT2D eigenvalue weighted by molar-refractivity contribution is -0.894. The Morgan fingerprint density at radius 3 is 1.74 bits per heavy atom. The molecule has 0 heterocycles. The first-order valence-electron chi connectivity index (χ1n) is 8.90. The van der Waals surface area contributed by atoms with Crippen LogP contribution in [0, 0.1) is 0 Å². The van der Waals surface area contributed by atoms with Gasteiger partial charge < -0.3 is 30.0 Å². The molecular weight excluding hydrogens is 298 g/mol. The largest absolute Gasteiger partial charge is 0.394 e. The van der Waals surface area contributed by atoms with Crippen LogP contribution in [0.15, 0.2) is 0 Å². The fraction of sp³-hybridized carbons (Fsp3) is 1.00. The zero-order valence-electron chi connectivity index (χ0n) is 15.1. The maximum atomic E-state index is 10.0. The second-order valence-electron chi connectivity index (χ2n) is 7.26. The molecule has 0 rings (SSSR count). The van der Waals surface area contributed by atoms with Gasteiger partial charge in [0, 0.05) is 0 Å². The molecular formula is C17H38NO5+. The zero-order chi connectivity index (χ0) is 17.9. The standard InChI is InChI=1S/C17H38NO5/c1-4-5-6-7-8-9-10-11-18(2,3)12-14(20)16(22)17(23)15(21)13-19/h14-17,19-23H,4-13H2,1-3H3/q+1/t14-,15+,16-,17-/m0/s1. The number of likely N-dealkylation sites (N-methyl/N-ethyl adjacent to an activating group) is 1. The summed E-state index contributed by atoms with van der Waals surface area (Å²) in [5.41, 5.74) is 0. The van der Waals surface area contributed by atoms with Crippen LogP contribution in [0.4, 0.5) is 0 Å². The second kappa shape index (κ2) is 12.2. The summed E-state index contributed by atoms with van der Waals surface area (Å²) < 4.78 is 0.537. The number of nitrogens with zero attached hydrogens (tertiary/aromatic N) is 1. The van der Waals surface area contributed by atoms with Gasteiger partial charge in [0.15, 0.2) is 0 Å². The number of unbranched alkanes of at least 4 members (excludes halogenated alkanes) is 6. The molecule has 0 spiro atoms. The lowest BCUT2D eigenvalue weighted by Crippen LogP contribution is -2.54. The third kappa shape index (κ3) is 10.3. The number of aliphatic hydroxyl groups excluding tert-OH is 5. The van der Waals surface area contributed by atoms with Crippen LogP contribution in [-0.4, -0.2) is 88.2 Å². The van der Waals surface area contributed by atoms with Gasteiger partial charge in [-0.05, 0) is 12.8 Å². The van der Waals surface area contributed by atoms with Crippen molar-refractivity contribution >= 4 is 0 Å². The van der Waals surface area contributed by atoms with Gasteiger partial charge >= 0.3 is 0 Å². The molecule has 0 unspecified atom stereocenters. The summed E-state index contributed by atoms with van der Waals surface area (Å²) in [6.07, 6.45) is 2.96. The molecule has 0 aliphatic rings. The molecule has 0 radical (unpaired) electrons. The van der Waals surface area contributed by atoms with Gasteiger partial charge in [-0.25, -0.2) is 0 Å². The van der Waals surface area contributed by atoms with Crippen LogP contribution in [-0.2, 0) is 0 Å². The smallest absolute Gasteiger partial charge is 0.131 e. The molecule has 0 amide bonds. The highest BCUT2D eigenvalue weighted by molar-refractivity contribution is 4.80. The maximum absolute atomic E-state index is 10.0. The predicted molar refractivity (Wildman–Crippen MR) is 90.9 cm³/mol. The molecule has 140 valence electrons. The number of hydrogen-bond acceptors (Lipinski definition) is 5. The number of rotatable bonds is 14. The Bertz CT molecular complexity index is 288. The zero-order valence-corrected chi connectivity index (χ0v) is 15.1. The van der Waals surface area contributed by atoms with E-state index in [1.807, 2.05) is 14.1 Å². The Kier molecular flexibility index (Phi) is 12.0. The molecule has 0 bridgehead atoms. The van der Waals surface area contributed by atoms with E-state index in [-0.39, 0.29) is 6.54 Å². The molecule has 6 heteroatoms. The quantitative estimate of drug-likeness (QED) is 0.231. The molecule has 0 aromatic carbocycles. The summed E-state index contributed by atoms with van der Waals surface area (Å²) >= 11 is 0. The lowest BCUT2D eigenvalue weighted by atomic mass is 10.0. The van der Waals surface area contributed by atoms with Gasteiger partial charge in [0.25, 0.3) is 0 Å². The number of quaternary nitrogens is 1. The average molecular weight is 336 g/mol. The van der Waals surface area contributed by atoms with Crippen molar-refractivity contribution in [2.45, 2.75) is 76.3 Å². The van der Waals surface area contributed by atoms with E-state index in [1.54, 1.807) is 0 Å². The van der Waals surface area contributed by atoms with Gasteiger partial charge in [0.1, 0.15) is 31.0 Å². The van der Waals surface area contributed by atoms with Crippen LogP contribution >= 0.6 is 0 Å². The predicted octanol–water partition coefficient (Wildman–Crippen LogP) is 0.249. The van der Waals surface area contributed by atoms with Crippen molar-refractivity contribution in [3.05, 3.63) is 0 Å². The fourth-order valence-corrected chi connectivity index (χ4v) is 2.77. The third-order valence-electron chi connectivity index (χ3n) is 4.37. The molecule has 5 N–H and O–H groups in total. The van der Waals surface area contributed by atoms with Crippen molar-refractivity contribution in [2.75, 3.05) is 33.8 Å². The first-order chi connectivity index (χ1) is 10.7.